The number of nitrogens with zero attached hydrogens (tertiary/aromatic N) is 2. The van der Waals surface area contributed by atoms with E-state index in [4.69, 9.17) is 4.74 Å². The van der Waals surface area contributed by atoms with E-state index in [0.29, 0.717) is 17.6 Å². The van der Waals surface area contributed by atoms with E-state index in [1.165, 1.54) is 6.42 Å². The Morgan fingerprint density at radius 3 is 2.79 bits per heavy atom. The molecule has 0 aliphatic heterocycles. The van der Waals surface area contributed by atoms with Crippen LogP contribution in [-0.4, -0.2) is 22.0 Å². The van der Waals surface area contributed by atoms with Crippen LogP contribution in [0.3, 0.4) is 0 Å². The van der Waals surface area contributed by atoms with Crippen LogP contribution in [0.2, 0.25) is 0 Å². The quantitative estimate of drug-likeness (QED) is 0.856. The third kappa shape index (κ3) is 2.78. The van der Waals surface area contributed by atoms with Crippen LogP contribution in [0.5, 0.6) is 5.75 Å². The van der Waals surface area contributed by atoms with Gasteiger partial charge < -0.3 is 9.84 Å². The molecule has 2 rings (SSSR count). The van der Waals surface area contributed by atoms with Crippen LogP contribution in [0.4, 0.5) is 0 Å². The fourth-order valence-corrected chi connectivity index (χ4v) is 3.35. The van der Waals surface area contributed by atoms with Crippen molar-refractivity contribution in [1.29, 1.82) is 0 Å². The summed E-state index contributed by atoms with van der Waals surface area (Å²) >= 11 is 0. The summed E-state index contributed by atoms with van der Waals surface area (Å²) in [4.78, 5) is 0. The number of aryl methyl sites for hydroxylation is 1. The summed E-state index contributed by atoms with van der Waals surface area (Å²) in [6.07, 6.45) is 6.63. The van der Waals surface area contributed by atoms with Crippen LogP contribution in [-0.2, 0) is 12.6 Å². The van der Waals surface area contributed by atoms with Crippen LogP contribution in [0, 0.1) is 11.8 Å². The molecule has 4 nitrogen and oxygen atoms in total. The van der Waals surface area contributed by atoms with Gasteiger partial charge in [-0.05, 0) is 37.5 Å². The summed E-state index contributed by atoms with van der Waals surface area (Å²) in [6.45, 7) is 4.55. The van der Waals surface area contributed by atoms with Crippen molar-refractivity contribution in [2.24, 2.45) is 18.9 Å². The molecule has 1 saturated carbocycles. The molecule has 0 radical (unpaired) electrons. The molecule has 19 heavy (non-hydrogen) atoms. The lowest BCUT2D eigenvalue weighted by molar-refractivity contribution is 0.00909. The normalized spacial score (nSPS) is 28.4. The smallest absolute Gasteiger partial charge is 0.162 e. The summed E-state index contributed by atoms with van der Waals surface area (Å²) in [5.74, 6) is 2.11. The molecule has 0 saturated heterocycles. The zero-order valence-electron chi connectivity index (χ0n) is 12.5. The highest BCUT2D eigenvalue weighted by molar-refractivity contribution is 5.30. The molecule has 2 unspecified atom stereocenters. The van der Waals surface area contributed by atoms with Crippen LogP contribution in [0.25, 0.3) is 0 Å². The standard InChI is InChI=1S/C15H26N2O2/c1-11(2)12-6-5-8-15(18,9-7-12)14-13(19-4)10-16-17(14)3/h10-12,18H,5-9H2,1-4H3. The maximum Gasteiger partial charge on any atom is 0.162 e. The van der Waals surface area contributed by atoms with Crippen LogP contribution in [0.15, 0.2) is 6.20 Å². The van der Waals surface area contributed by atoms with E-state index in [-0.39, 0.29) is 0 Å². The first-order valence-electron chi connectivity index (χ1n) is 7.27. The average Bonchev–Trinajstić information content (AvgIpc) is 2.63. The topological polar surface area (TPSA) is 47.3 Å². The third-order valence-electron chi connectivity index (χ3n) is 4.60. The molecule has 1 N–H and O–H groups in total. The lowest BCUT2D eigenvalue weighted by atomic mass is 9.86. The van der Waals surface area contributed by atoms with Gasteiger partial charge >= 0.3 is 0 Å². The highest BCUT2D eigenvalue weighted by Crippen LogP contribution is 2.42. The van der Waals surface area contributed by atoms with E-state index in [9.17, 15) is 5.11 Å². The lowest BCUT2D eigenvalue weighted by Crippen LogP contribution is -2.28. The van der Waals surface area contributed by atoms with Gasteiger partial charge in [0.2, 0.25) is 0 Å². The largest absolute Gasteiger partial charge is 0.493 e. The Bertz CT molecular complexity index is 428. The molecule has 0 bridgehead atoms. The van der Waals surface area contributed by atoms with Crippen molar-refractivity contribution >= 4 is 0 Å². The van der Waals surface area contributed by atoms with Crippen molar-refractivity contribution in [1.82, 2.24) is 9.78 Å². The van der Waals surface area contributed by atoms with Gasteiger partial charge in [0.1, 0.15) is 11.3 Å². The molecule has 1 fully saturated rings. The van der Waals surface area contributed by atoms with Crippen LogP contribution < -0.4 is 4.74 Å². The molecular formula is C15H26N2O2. The van der Waals surface area contributed by atoms with Gasteiger partial charge in [-0.2, -0.15) is 5.10 Å². The third-order valence-corrected chi connectivity index (χ3v) is 4.60. The Morgan fingerprint density at radius 2 is 2.16 bits per heavy atom. The van der Waals surface area contributed by atoms with Gasteiger partial charge in [-0.15, -0.1) is 0 Å². The number of aliphatic hydroxyl groups is 1. The number of ether oxygens (including phenoxy) is 1. The van der Waals surface area contributed by atoms with E-state index >= 15 is 0 Å². The Morgan fingerprint density at radius 1 is 1.42 bits per heavy atom. The van der Waals surface area contributed by atoms with Gasteiger partial charge in [-0.25, -0.2) is 0 Å². The Hall–Kier alpha value is -1.03. The fourth-order valence-electron chi connectivity index (χ4n) is 3.35. The second-order valence-corrected chi connectivity index (χ2v) is 6.15. The highest BCUT2D eigenvalue weighted by Gasteiger charge is 2.38. The molecule has 0 aromatic carbocycles. The summed E-state index contributed by atoms with van der Waals surface area (Å²) in [6, 6.07) is 0. The van der Waals surface area contributed by atoms with Crippen LogP contribution >= 0.6 is 0 Å². The van der Waals surface area contributed by atoms with Crippen molar-refractivity contribution in [2.45, 2.75) is 51.6 Å². The Labute approximate surface area is 115 Å². The summed E-state index contributed by atoms with van der Waals surface area (Å²) < 4.78 is 7.11. The number of rotatable bonds is 3. The zero-order chi connectivity index (χ0) is 14.0. The molecule has 2 atom stereocenters. The molecular weight excluding hydrogens is 240 g/mol. The Kier molecular flexibility index (Phi) is 4.19. The van der Waals surface area contributed by atoms with E-state index in [2.05, 4.69) is 18.9 Å². The average molecular weight is 266 g/mol. The van der Waals surface area contributed by atoms with Gasteiger partial charge in [0.15, 0.2) is 5.75 Å². The van der Waals surface area contributed by atoms with Crippen LogP contribution in [0.1, 0.15) is 51.6 Å². The second kappa shape index (κ2) is 5.53. The van der Waals surface area contributed by atoms with Crippen molar-refractivity contribution in [3.8, 4) is 5.75 Å². The van der Waals surface area contributed by atoms with Crippen molar-refractivity contribution in [3.63, 3.8) is 0 Å². The lowest BCUT2D eigenvalue weighted by Gasteiger charge is -2.28. The minimum absolute atomic E-state index is 0.691. The van der Waals surface area contributed by atoms with Crippen molar-refractivity contribution in [2.75, 3.05) is 7.11 Å². The summed E-state index contributed by atoms with van der Waals surface area (Å²) in [5, 5.41) is 15.3. The molecule has 1 heterocycles. The van der Waals surface area contributed by atoms with E-state index in [1.807, 2.05) is 7.05 Å². The molecule has 0 spiro atoms. The number of hydrogen-bond acceptors (Lipinski definition) is 3. The molecule has 108 valence electrons. The van der Waals surface area contributed by atoms with Gasteiger partial charge in [0, 0.05) is 7.05 Å². The van der Waals surface area contributed by atoms with E-state index in [0.717, 1.165) is 31.4 Å². The summed E-state index contributed by atoms with van der Waals surface area (Å²) in [7, 11) is 3.51. The monoisotopic (exact) mass is 266 g/mol. The number of hydrogen-bond donors (Lipinski definition) is 1. The fraction of sp³-hybridized carbons (Fsp3) is 0.800. The first-order valence-corrected chi connectivity index (χ1v) is 7.27. The van der Waals surface area contributed by atoms with Crippen molar-refractivity contribution in [3.05, 3.63) is 11.9 Å². The Balaban J connectivity index is 2.25. The molecule has 0 amide bonds. The molecule has 1 aromatic rings. The second-order valence-electron chi connectivity index (χ2n) is 6.15. The summed E-state index contributed by atoms with van der Waals surface area (Å²) in [5.41, 5.74) is 0.0413. The minimum Gasteiger partial charge on any atom is -0.493 e. The van der Waals surface area contributed by atoms with Gasteiger partial charge in [-0.3, -0.25) is 4.68 Å². The number of aromatic nitrogens is 2. The predicted molar refractivity (Wildman–Crippen MR) is 75.1 cm³/mol. The van der Waals surface area contributed by atoms with Gasteiger partial charge in [-0.1, -0.05) is 20.3 Å². The zero-order valence-corrected chi connectivity index (χ0v) is 12.5. The van der Waals surface area contributed by atoms with E-state index in [1.54, 1.807) is 18.0 Å². The first kappa shape index (κ1) is 14.4. The van der Waals surface area contributed by atoms with E-state index < -0.39 is 5.60 Å². The molecule has 1 aliphatic rings. The molecule has 4 heteroatoms. The maximum atomic E-state index is 11.1. The van der Waals surface area contributed by atoms with Crippen molar-refractivity contribution < 1.29 is 9.84 Å². The minimum atomic E-state index is -0.791. The first-order chi connectivity index (χ1) is 8.98. The predicted octanol–water partition coefficient (Wildman–Crippen LogP) is 2.85. The van der Waals surface area contributed by atoms with Gasteiger partial charge in [0.05, 0.1) is 13.3 Å². The van der Waals surface area contributed by atoms with Gasteiger partial charge in [0.25, 0.3) is 0 Å². The maximum absolute atomic E-state index is 11.1. The molecule has 1 aromatic heterocycles. The SMILES string of the molecule is COc1cnn(C)c1C1(O)CCCC(C(C)C)CC1. The number of methoxy groups -OCH3 is 1. The highest BCUT2D eigenvalue weighted by atomic mass is 16.5. The molecule has 1 aliphatic carbocycles.